The Hall–Kier alpha value is -8.76. The van der Waals surface area contributed by atoms with Crippen LogP contribution in [0.2, 0.25) is 0 Å². The van der Waals surface area contributed by atoms with Gasteiger partial charge in [0.05, 0.1) is 5.41 Å². The van der Waals surface area contributed by atoms with Crippen LogP contribution in [0, 0.1) is 0 Å². The summed E-state index contributed by atoms with van der Waals surface area (Å²) in [7, 11) is 0. The summed E-state index contributed by atoms with van der Waals surface area (Å²) in [6, 6.07) is 95.5. The average Bonchev–Trinajstić information content (AvgIpc) is 4.10. The molecule has 11 aromatic carbocycles. The van der Waals surface area contributed by atoms with Crippen LogP contribution in [0.15, 0.2) is 265 Å². The van der Waals surface area contributed by atoms with Crippen molar-refractivity contribution in [2.75, 3.05) is 4.90 Å². The molecule has 2 aromatic heterocycles. The van der Waals surface area contributed by atoms with E-state index in [9.17, 15) is 0 Å². The highest BCUT2D eigenvalue weighted by molar-refractivity contribution is 7.25. The van der Waals surface area contributed by atoms with Gasteiger partial charge in [-0.3, -0.25) is 0 Å². The van der Waals surface area contributed by atoms with Gasteiger partial charge in [-0.05, 0) is 140 Å². The third kappa shape index (κ3) is 6.32. The minimum Gasteiger partial charge on any atom is -0.456 e. The molecule has 0 N–H and O–H groups in total. The lowest BCUT2D eigenvalue weighted by molar-refractivity contribution is 0.669. The molecule has 1 aliphatic rings. The van der Waals surface area contributed by atoms with Gasteiger partial charge in [0, 0.05) is 48.0 Å². The van der Waals surface area contributed by atoms with Crippen molar-refractivity contribution in [3.63, 3.8) is 0 Å². The molecule has 0 atom stereocenters. The zero-order valence-electron chi connectivity index (χ0n) is 38.1. The second-order valence-corrected chi connectivity index (χ2v) is 19.4. The van der Waals surface area contributed by atoms with E-state index in [1.807, 2.05) is 23.5 Å². The van der Waals surface area contributed by atoms with Crippen molar-refractivity contribution in [2.45, 2.75) is 5.41 Å². The SMILES string of the molecule is c1ccc(C2(c3ccccc3)c3ccccc3-c3cc(-c4ccc(N(c5ccc(-c6ccc7sc8ccccc8c7c6)cc5)c5ccc(-c6cccc7oc8ccccc8c67)cc5)cc4)ccc32)cc1. The number of para-hydroxylation sites is 1. The summed E-state index contributed by atoms with van der Waals surface area (Å²) in [6.45, 7) is 0. The van der Waals surface area contributed by atoms with Crippen molar-refractivity contribution in [1.82, 2.24) is 0 Å². The summed E-state index contributed by atoms with van der Waals surface area (Å²) in [5.41, 5.74) is 19.4. The number of rotatable bonds is 8. The minimum atomic E-state index is -0.424. The fraction of sp³-hybridized carbons (Fsp3) is 0.0149. The molecule has 0 radical (unpaired) electrons. The van der Waals surface area contributed by atoms with Crippen molar-refractivity contribution in [3.8, 4) is 44.5 Å². The van der Waals surface area contributed by atoms with Gasteiger partial charge in [0.2, 0.25) is 0 Å². The molecule has 1 aliphatic carbocycles. The van der Waals surface area contributed by atoms with Crippen molar-refractivity contribution >= 4 is 70.5 Å². The zero-order valence-corrected chi connectivity index (χ0v) is 38.9. The number of benzene rings is 11. The molecule has 0 fully saturated rings. The third-order valence-corrected chi connectivity index (χ3v) is 15.7. The van der Waals surface area contributed by atoms with E-state index in [1.165, 1.54) is 75.8 Å². The summed E-state index contributed by atoms with van der Waals surface area (Å²) < 4.78 is 8.92. The molecule has 13 aromatic rings. The highest BCUT2D eigenvalue weighted by Gasteiger charge is 2.46. The van der Waals surface area contributed by atoms with Crippen LogP contribution in [0.4, 0.5) is 17.1 Å². The molecule has 0 unspecified atom stereocenters. The van der Waals surface area contributed by atoms with E-state index in [4.69, 9.17) is 4.42 Å². The Morgan fingerprint density at radius 3 is 1.51 bits per heavy atom. The van der Waals surface area contributed by atoms with Gasteiger partial charge in [0.15, 0.2) is 0 Å². The molecule has 0 saturated carbocycles. The summed E-state index contributed by atoms with van der Waals surface area (Å²) in [5.74, 6) is 0. The van der Waals surface area contributed by atoms with Crippen LogP contribution in [0.3, 0.4) is 0 Å². The van der Waals surface area contributed by atoms with E-state index in [1.54, 1.807) is 0 Å². The Morgan fingerprint density at radius 1 is 0.314 bits per heavy atom. The lowest BCUT2D eigenvalue weighted by atomic mass is 9.67. The van der Waals surface area contributed by atoms with Gasteiger partial charge in [-0.1, -0.05) is 188 Å². The molecule has 0 aliphatic heterocycles. The lowest BCUT2D eigenvalue weighted by Gasteiger charge is -2.33. The van der Waals surface area contributed by atoms with Crippen LogP contribution in [0.5, 0.6) is 0 Å². The fourth-order valence-corrected chi connectivity index (χ4v) is 12.5. The maximum atomic E-state index is 6.29. The highest BCUT2D eigenvalue weighted by atomic mass is 32.1. The van der Waals surface area contributed by atoms with Gasteiger partial charge < -0.3 is 9.32 Å². The molecule has 2 heterocycles. The highest BCUT2D eigenvalue weighted by Crippen LogP contribution is 2.56. The molecule has 3 heteroatoms. The van der Waals surface area contributed by atoms with Gasteiger partial charge in [-0.15, -0.1) is 11.3 Å². The van der Waals surface area contributed by atoms with Crippen LogP contribution in [-0.4, -0.2) is 0 Å². The molecule has 328 valence electrons. The average molecular weight is 910 g/mol. The van der Waals surface area contributed by atoms with Gasteiger partial charge in [0.1, 0.15) is 11.2 Å². The second kappa shape index (κ2) is 16.2. The Morgan fingerprint density at radius 2 is 0.814 bits per heavy atom. The summed E-state index contributed by atoms with van der Waals surface area (Å²) >= 11 is 1.86. The smallest absolute Gasteiger partial charge is 0.136 e. The van der Waals surface area contributed by atoms with E-state index in [-0.39, 0.29) is 0 Å². The predicted octanol–water partition coefficient (Wildman–Crippen LogP) is 18.8. The molecule has 0 saturated heterocycles. The second-order valence-electron chi connectivity index (χ2n) is 18.4. The third-order valence-electron chi connectivity index (χ3n) is 14.6. The molecule has 70 heavy (non-hydrogen) atoms. The lowest BCUT2D eigenvalue weighted by Crippen LogP contribution is -2.28. The Balaban J connectivity index is 0.859. The maximum Gasteiger partial charge on any atom is 0.136 e. The van der Waals surface area contributed by atoms with Gasteiger partial charge in [0.25, 0.3) is 0 Å². The Labute approximate surface area is 410 Å². The van der Waals surface area contributed by atoms with Crippen LogP contribution >= 0.6 is 11.3 Å². The van der Waals surface area contributed by atoms with E-state index in [2.05, 4.69) is 254 Å². The monoisotopic (exact) mass is 909 g/mol. The first-order chi connectivity index (χ1) is 34.7. The van der Waals surface area contributed by atoms with Crippen molar-refractivity contribution in [1.29, 1.82) is 0 Å². The zero-order chi connectivity index (χ0) is 46.2. The number of anilines is 3. The van der Waals surface area contributed by atoms with Gasteiger partial charge in [-0.2, -0.15) is 0 Å². The van der Waals surface area contributed by atoms with Crippen LogP contribution in [0.1, 0.15) is 22.3 Å². The van der Waals surface area contributed by atoms with E-state index in [0.717, 1.165) is 50.1 Å². The minimum absolute atomic E-state index is 0.424. The summed E-state index contributed by atoms with van der Waals surface area (Å²) in [4.78, 5) is 2.37. The molecule has 0 spiro atoms. The van der Waals surface area contributed by atoms with Crippen LogP contribution in [-0.2, 0) is 5.41 Å². The van der Waals surface area contributed by atoms with E-state index < -0.39 is 5.41 Å². The van der Waals surface area contributed by atoms with Gasteiger partial charge >= 0.3 is 0 Å². The topological polar surface area (TPSA) is 16.4 Å². The molecule has 0 amide bonds. The first-order valence-electron chi connectivity index (χ1n) is 24.0. The molecule has 14 rings (SSSR count). The van der Waals surface area contributed by atoms with Crippen LogP contribution in [0.25, 0.3) is 86.6 Å². The Bertz CT molecular complexity index is 4050. The molecule has 2 nitrogen and oxygen atoms in total. The fourth-order valence-electron chi connectivity index (χ4n) is 11.4. The largest absolute Gasteiger partial charge is 0.456 e. The number of nitrogens with zero attached hydrogens (tertiary/aromatic N) is 1. The predicted molar refractivity (Wildman–Crippen MR) is 295 cm³/mol. The summed E-state index contributed by atoms with van der Waals surface area (Å²) in [5, 5.41) is 4.89. The maximum absolute atomic E-state index is 6.29. The standard InChI is InChI=1S/C67H43NOS/c1-3-14-49(15-4-1)67(50-16-5-2-6-17-50)60-22-10-7-18-55(60)58-42-47(32-40-61(58)67)44-26-34-51(35-27-44)68(52-36-28-45(29-37-52)48-33-41-65-59(43-48)56-19-9-12-25-64(56)70-65)53-38-30-46(31-39-53)54-21-13-24-63-66(54)57-20-8-11-23-62(57)69-63/h1-43H. The molecular weight excluding hydrogens is 867 g/mol. The first-order valence-corrected chi connectivity index (χ1v) is 24.8. The number of hydrogen-bond acceptors (Lipinski definition) is 3. The van der Waals surface area contributed by atoms with E-state index >= 15 is 0 Å². The van der Waals surface area contributed by atoms with Crippen molar-refractivity contribution < 1.29 is 4.42 Å². The normalized spacial score (nSPS) is 12.7. The molecular formula is C67H43NOS. The number of hydrogen-bond donors (Lipinski definition) is 0. The number of thiophene rings is 1. The van der Waals surface area contributed by atoms with Crippen molar-refractivity contribution in [2.24, 2.45) is 0 Å². The number of furan rings is 1. The first kappa shape index (κ1) is 40.3. The Kier molecular flexibility index (Phi) is 9.33. The number of fused-ring (bicyclic) bond motifs is 9. The van der Waals surface area contributed by atoms with Gasteiger partial charge in [-0.25, -0.2) is 0 Å². The van der Waals surface area contributed by atoms with Crippen LogP contribution < -0.4 is 4.90 Å². The van der Waals surface area contributed by atoms with E-state index in [0.29, 0.717) is 0 Å². The molecule has 0 bridgehead atoms. The summed E-state index contributed by atoms with van der Waals surface area (Å²) in [6.07, 6.45) is 0. The quantitative estimate of drug-likeness (QED) is 0.151. The van der Waals surface area contributed by atoms with Crippen molar-refractivity contribution in [3.05, 3.63) is 283 Å².